The zero-order chi connectivity index (χ0) is 25.1. The minimum Gasteiger partial charge on any atom is -0.438 e. The Bertz CT molecular complexity index is 1190. The summed E-state index contributed by atoms with van der Waals surface area (Å²) in [5.41, 5.74) is 3.89. The molecule has 0 saturated carbocycles. The fourth-order valence-corrected chi connectivity index (χ4v) is 4.73. The smallest absolute Gasteiger partial charge is 0.322 e. The van der Waals surface area contributed by atoms with E-state index in [1.165, 1.54) is 5.56 Å². The third-order valence-electron chi connectivity index (χ3n) is 7.15. The average molecular weight is 486 g/mol. The fourth-order valence-electron chi connectivity index (χ4n) is 4.73. The molecule has 7 heteroatoms. The Labute approximate surface area is 213 Å². The van der Waals surface area contributed by atoms with Gasteiger partial charge in [-0.2, -0.15) is 4.98 Å². The van der Waals surface area contributed by atoms with E-state index in [9.17, 15) is 4.79 Å². The van der Waals surface area contributed by atoms with Gasteiger partial charge in [0, 0.05) is 31.7 Å². The van der Waals surface area contributed by atoms with E-state index in [0.29, 0.717) is 31.3 Å². The maximum atomic E-state index is 13.1. The van der Waals surface area contributed by atoms with Crippen LogP contribution in [0.1, 0.15) is 56.4 Å². The summed E-state index contributed by atoms with van der Waals surface area (Å²) in [6, 6.07) is 17.6. The number of hydrogen-bond acceptors (Lipinski definition) is 5. The lowest BCUT2D eigenvalue weighted by Crippen LogP contribution is -2.40. The molecular weight excluding hydrogens is 450 g/mol. The van der Waals surface area contributed by atoms with Gasteiger partial charge in [-0.3, -0.25) is 0 Å². The number of para-hydroxylation sites is 1. The first-order valence-electron chi connectivity index (χ1n) is 13.0. The van der Waals surface area contributed by atoms with Gasteiger partial charge in [0.15, 0.2) is 0 Å². The molecule has 36 heavy (non-hydrogen) atoms. The van der Waals surface area contributed by atoms with E-state index in [4.69, 9.17) is 14.7 Å². The molecule has 5 rings (SSSR count). The van der Waals surface area contributed by atoms with Crippen molar-refractivity contribution in [1.82, 2.24) is 14.9 Å². The first-order chi connectivity index (χ1) is 17.5. The number of hydrogen-bond donors (Lipinski definition) is 1. The molecule has 3 heterocycles. The Hall–Kier alpha value is -3.61. The van der Waals surface area contributed by atoms with Crippen LogP contribution in [0, 0.1) is 5.92 Å². The van der Waals surface area contributed by atoms with Crippen LogP contribution in [0.2, 0.25) is 0 Å². The molecule has 1 N–H and O–H groups in total. The van der Waals surface area contributed by atoms with Gasteiger partial charge in [-0.05, 0) is 54.5 Å². The highest BCUT2D eigenvalue weighted by Crippen LogP contribution is 2.32. The number of rotatable bonds is 5. The molecule has 2 aromatic carbocycles. The van der Waals surface area contributed by atoms with Crippen LogP contribution in [0.5, 0.6) is 11.6 Å². The summed E-state index contributed by atoms with van der Waals surface area (Å²) in [6.45, 7) is 9.53. The molecule has 1 saturated heterocycles. The SMILES string of the molecule is CC1CCN(c2nc3c(c(Oc4ccccc4)n2)CN(C(=O)Nc2ccc(C(C)C)cc2)CC3)CC1. The predicted molar refractivity (Wildman–Crippen MR) is 143 cm³/mol. The third-order valence-corrected chi connectivity index (χ3v) is 7.15. The molecule has 2 aliphatic heterocycles. The molecule has 1 aromatic heterocycles. The first-order valence-corrected chi connectivity index (χ1v) is 13.0. The number of benzene rings is 2. The van der Waals surface area contributed by atoms with Crippen molar-refractivity contribution in [3.63, 3.8) is 0 Å². The van der Waals surface area contributed by atoms with Crippen LogP contribution in [0.3, 0.4) is 0 Å². The van der Waals surface area contributed by atoms with Crippen molar-refractivity contribution in [3.05, 3.63) is 71.4 Å². The molecule has 2 amide bonds. The molecule has 2 aliphatic rings. The second-order valence-corrected chi connectivity index (χ2v) is 10.2. The number of nitrogens with zero attached hydrogens (tertiary/aromatic N) is 4. The molecular formula is C29H35N5O2. The van der Waals surface area contributed by atoms with Gasteiger partial charge in [-0.1, -0.05) is 51.1 Å². The summed E-state index contributed by atoms with van der Waals surface area (Å²) < 4.78 is 6.28. The van der Waals surface area contributed by atoms with Crippen LogP contribution in [0.4, 0.5) is 16.4 Å². The predicted octanol–water partition coefficient (Wildman–Crippen LogP) is 6.22. The highest BCUT2D eigenvalue weighted by Gasteiger charge is 2.28. The Morgan fingerprint density at radius 3 is 2.42 bits per heavy atom. The van der Waals surface area contributed by atoms with Gasteiger partial charge in [-0.25, -0.2) is 9.78 Å². The van der Waals surface area contributed by atoms with Crippen LogP contribution >= 0.6 is 0 Å². The molecule has 0 radical (unpaired) electrons. The van der Waals surface area contributed by atoms with E-state index in [0.717, 1.165) is 60.5 Å². The van der Waals surface area contributed by atoms with Gasteiger partial charge in [-0.15, -0.1) is 0 Å². The Kier molecular flexibility index (Phi) is 7.07. The highest BCUT2D eigenvalue weighted by molar-refractivity contribution is 5.89. The Morgan fingerprint density at radius 2 is 1.72 bits per heavy atom. The molecule has 0 aliphatic carbocycles. The first kappa shape index (κ1) is 24.1. The molecule has 1 fully saturated rings. The minimum absolute atomic E-state index is 0.127. The summed E-state index contributed by atoms with van der Waals surface area (Å²) >= 11 is 0. The second-order valence-electron chi connectivity index (χ2n) is 10.2. The quantitative estimate of drug-likeness (QED) is 0.465. The number of carbonyl (C=O) groups is 1. The number of fused-ring (bicyclic) bond motifs is 1. The standard InChI is InChI=1S/C29H35N5O2/c1-20(2)22-9-11-23(12-10-22)30-29(35)34-18-15-26-25(19-34)27(36-24-7-5-4-6-8-24)32-28(31-26)33-16-13-21(3)14-17-33/h4-12,20-21H,13-19H2,1-3H3,(H,30,35). The van der Waals surface area contributed by atoms with E-state index in [1.807, 2.05) is 47.4 Å². The summed E-state index contributed by atoms with van der Waals surface area (Å²) in [6.07, 6.45) is 2.95. The third kappa shape index (κ3) is 5.45. The molecule has 188 valence electrons. The van der Waals surface area contributed by atoms with Crippen LogP contribution in [-0.4, -0.2) is 40.5 Å². The zero-order valence-electron chi connectivity index (χ0n) is 21.4. The van der Waals surface area contributed by atoms with Crippen molar-refractivity contribution in [2.24, 2.45) is 5.92 Å². The normalized spacial score (nSPS) is 16.1. The summed E-state index contributed by atoms with van der Waals surface area (Å²) in [5.74, 6) is 3.18. The van der Waals surface area contributed by atoms with Crippen molar-refractivity contribution in [1.29, 1.82) is 0 Å². The monoisotopic (exact) mass is 485 g/mol. The number of ether oxygens (including phenoxy) is 1. The molecule has 0 spiro atoms. The zero-order valence-corrected chi connectivity index (χ0v) is 21.4. The summed E-state index contributed by atoms with van der Waals surface area (Å²) in [4.78, 5) is 27.0. The van der Waals surface area contributed by atoms with Gasteiger partial charge in [0.25, 0.3) is 0 Å². The van der Waals surface area contributed by atoms with Crippen molar-refractivity contribution in [2.45, 2.75) is 52.5 Å². The maximum Gasteiger partial charge on any atom is 0.322 e. The van der Waals surface area contributed by atoms with Crippen LogP contribution in [0.15, 0.2) is 54.6 Å². The Balaban J connectivity index is 1.38. The minimum atomic E-state index is -0.127. The molecule has 0 atom stereocenters. The second kappa shape index (κ2) is 10.6. The lowest BCUT2D eigenvalue weighted by molar-refractivity contribution is 0.205. The highest BCUT2D eigenvalue weighted by atomic mass is 16.5. The van der Waals surface area contributed by atoms with Crippen molar-refractivity contribution in [2.75, 3.05) is 29.9 Å². The number of nitrogens with one attached hydrogen (secondary N) is 1. The molecule has 7 nitrogen and oxygen atoms in total. The lowest BCUT2D eigenvalue weighted by Gasteiger charge is -2.33. The van der Waals surface area contributed by atoms with Gasteiger partial charge >= 0.3 is 6.03 Å². The Morgan fingerprint density at radius 1 is 1.00 bits per heavy atom. The van der Waals surface area contributed by atoms with Gasteiger partial charge < -0.3 is 19.9 Å². The lowest BCUT2D eigenvalue weighted by atomic mass is 9.99. The fraction of sp³-hybridized carbons (Fsp3) is 0.414. The molecule has 0 unspecified atom stereocenters. The summed E-state index contributed by atoms with van der Waals surface area (Å²) in [7, 11) is 0. The topological polar surface area (TPSA) is 70.6 Å². The van der Waals surface area contributed by atoms with Crippen molar-refractivity contribution in [3.8, 4) is 11.6 Å². The van der Waals surface area contributed by atoms with E-state index in [2.05, 4.69) is 43.1 Å². The largest absolute Gasteiger partial charge is 0.438 e. The van der Waals surface area contributed by atoms with Crippen LogP contribution in [0.25, 0.3) is 0 Å². The number of urea groups is 1. The van der Waals surface area contributed by atoms with Gasteiger partial charge in [0.1, 0.15) is 5.75 Å². The maximum absolute atomic E-state index is 13.1. The van der Waals surface area contributed by atoms with E-state index < -0.39 is 0 Å². The van der Waals surface area contributed by atoms with E-state index in [1.54, 1.807) is 0 Å². The molecule has 0 bridgehead atoms. The number of anilines is 2. The van der Waals surface area contributed by atoms with Crippen LogP contribution in [-0.2, 0) is 13.0 Å². The van der Waals surface area contributed by atoms with Crippen LogP contribution < -0.4 is 15.0 Å². The summed E-state index contributed by atoms with van der Waals surface area (Å²) in [5, 5.41) is 3.04. The van der Waals surface area contributed by atoms with Gasteiger partial charge in [0.05, 0.1) is 17.8 Å². The van der Waals surface area contributed by atoms with Gasteiger partial charge in [0.2, 0.25) is 11.8 Å². The van der Waals surface area contributed by atoms with E-state index in [-0.39, 0.29) is 6.03 Å². The van der Waals surface area contributed by atoms with E-state index >= 15 is 0 Å². The number of piperidine rings is 1. The van der Waals surface area contributed by atoms with Crippen molar-refractivity contribution >= 4 is 17.7 Å². The number of aromatic nitrogens is 2. The number of carbonyl (C=O) groups excluding carboxylic acids is 1. The average Bonchev–Trinajstić information content (AvgIpc) is 2.89. The molecule has 3 aromatic rings. The number of amides is 2. The van der Waals surface area contributed by atoms with Crippen molar-refractivity contribution < 1.29 is 9.53 Å².